The molecule has 0 saturated heterocycles. The predicted molar refractivity (Wildman–Crippen MR) is 104 cm³/mol. The molecule has 1 aliphatic rings. The fraction of sp³-hybridized carbons (Fsp3) is 0.364. The number of aromatic nitrogens is 2. The smallest absolute Gasteiger partial charge is 0.220 e. The van der Waals surface area contributed by atoms with E-state index in [2.05, 4.69) is 52.9 Å². The number of amides is 1. The van der Waals surface area contributed by atoms with Crippen molar-refractivity contribution < 1.29 is 4.79 Å². The molecule has 26 heavy (non-hydrogen) atoms. The Morgan fingerprint density at radius 1 is 1.23 bits per heavy atom. The fourth-order valence-corrected chi connectivity index (χ4v) is 3.97. The van der Waals surface area contributed by atoms with Gasteiger partial charge in [-0.05, 0) is 48.4 Å². The zero-order valence-electron chi connectivity index (χ0n) is 15.2. The van der Waals surface area contributed by atoms with Crippen LogP contribution in [-0.4, -0.2) is 15.7 Å². The van der Waals surface area contributed by atoms with E-state index in [0.717, 1.165) is 32.1 Å². The summed E-state index contributed by atoms with van der Waals surface area (Å²) in [6, 6.07) is 15.1. The zero-order valence-corrected chi connectivity index (χ0v) is 15.2. The van der Waals surface area contributed by atoms with Crippen LogP contribution in [-0.2, 0) is 24.7 Å². The van der Waals surface area contributed by atoms with Crippen LogP contribution in [0.2, 0.25) is 0 Å². The molecule has 1 N–H and O–H groups in total. The highest BCUT2D eigenvalue weighted by atomic mass is 16.1. The van der Waals surface area contributed by atoms with Crippen molar-refractivity contribution in [2.24, 2.45) is 7.05 Å². The average molecular weight is 347 g/mol. The number of carbonyl (C=O) groups excluding carboxylic acids is 1. The van der Waals surface area contributed by atoms with Crippen LogP contribution < -0.4 is 5.32 Å². The molecule has 4 heteroatoms. The lowest BCUT2D eigenvalue weighted by Crippen LogP contribution is -2.30. The van der Waals surface area contributed by atoms with Crippen molar-refractivity contribution in [2.75, 3.05) is 0 Å². The molecule has 0 radical (unpaired) electrons. The minimum absolute atomic E-state index is 0.126. The molecule has 1 atom stereocenters. The number of rotatable bonds is 5. The van der Waals surface area contributed by atoms with Crippen molar-refractivity contribution in [3.05, 3.63) is 65.5 Å². The SMILES string of the molecule is Cn1ncc2c1CCCC2NC(=O)CCCc1ccc2ccccc2c1. The average Bonchev–Trinajstić information content (AvgIpc) is 3.04. The molecule has 0 aliphatic heterocycles. The molecule has 3 aromatic rings. The number of fused-ring (bicyclic) bond motifs is 2. The molecule has 134 valence electrons. The van der Waals surface area contributed by atoms with Crippen LogP contribution in [0.4, 0.5) is 0 Å². The van der Waals surface area contributed by atoms with E-state index in [-0.39, 0.29) is 11.9 Å². The van der Waals surface area contributed by atoms with Crippen LogP contribution in [0.1, 0.15) is 48.5 Å². The van der Waals surface area contributed by atoms with E-state index < -0.39 is 0 Å². The van der Waals surface area contributed by atoms with Crippen molar-refractivity contribution in [3.63, 3.8) is 0 Å². The van der Waals surface area contributed by atoms with Gasteiger partial charge in [-0.1, -0.05) is 42.5 Å². The Hall–Kier alpha value is -2.62. The number of carbonyl (C=O) groups is 1. The van der Waals surface area contributed by atoms with Gasteiger partial charge in [0, 0.05) is 24.7 Å². The highest BCUT2D eigenvalue weighted by Gasteiger charge is 2.24. The van der Waals surface area contributed by atoms with Gasteiger partial charge in [-0.2, -0.15) is 5.10 Å². The first-order chi connectivity index (χ1) is 12.7. The summed E-state index contributed by atoms with van der Waals surface area (Å²) >= 11 is 0. The number of nitrogens with one attached hydrogen (secondary N) is 1. The van der Waals surface area contributed by atoms with Gasteiger partial charge in [0.05, 0.1) is 12.2 Å². The molecular formula is C22H25N3O. The topological polar surface area (TPSA) is 46.9 Å². The van der Waals surface area contributed by atoms with Gasteiger partial charge in [-0.15, -0.1) is 0 Å². The molecule has 0 bridgehead atoms. The lowest BCUT2D eigenvalue weighted by atomic mass is 9.93. The van der Waals surface area contributed by atoms with Gasteiger partial charge in [0.2, 0.25) is 5.91 Å². The van der Waals surface area contributed by atoms with Gasteiger partial charge in [-0.3, -0.25) is 9.48 Å². The molecule has 1 unspecified atom stereocenters. The molecule has 1 aromatic heterocycles. The molecule has 1 aliphatic carbocycles. The molecule has 0 saturated carbocycles. The highest BCUT2D eigenvalue weighted by molar-refractivity contribution is 5.83. The minimum Gasteiger partial charge on any atom is -0.349 e. The van der Waals surface area contributed by atoms with Crippen molar-refractivity contribution in [1.29, 1.82) is 0 Å². The van der Waals surface area contributed by atoms with Gasteiger partial charge in [0.1, 0.15) is 0 Å². The van der Waals surface area contributed by atoms with E-state index in [1.54, 1.807) is 0 Å². The molecule has 0 fully saturated rings. The monoisotopic (exact) mass is 347 g/mol. The van der Waals surface area contributed by atoms with Gasteiger partial charge in [-0.25, -0.2) is 0 Å². The summed E-state index contributed by atoms with van der Waals surface area (Å²) < 4.78 is 1.94. The summed E-state index contributed by atoms with van der Waals surface area (Å²) in [5.41, 5.74) is 3.75. The van der Waals surface area contributed by atoms with E-state index in [1.807, 2.05) is 17.9 Å². The third kappa shape index (κ3) is 3.50. The van der Waals surface area contributed by atoms with Crippen LogP contribution in [0.25, 0.3) is 10.8 Å². The van der Waals surface area contributed by atoms with Crippen molar-refractivity contribution >= 4 is 16.7 Å². The van der Waals surface area contributed by atoms with E-state index in [9.17, 15) is 4.79 Å². The molecule has 4 nitrogen and oxygen atoms in total. The van der Waals surface area contributed by atoms with Crippen LogP contribution >= 0.6 is 0 Å². The number of nitrogens with zero attached hydrogens (tertiary/aromatic N) is 2. The maximum Gasteiger partial charge on any atom is 0.220 e. The first kappa shape index (κ1) is 16.8. The molecule has 2 aromatic carbocycles. The number of aryl methyl sites for hydroxylation is 2. The molecule has 1 heterocycles. The second-order valence-electron chi connectivity index (χ2n) is 7.22. The Bertz CT molecular complexity index is 928. The van der Waals surface area contributed by atoms with Gasteiger partial charge >= 0.3 is 0 Å². The molecule has 4 rings (SSSR count). The predicted octanol–water partition coefficient (Wildman–Crippen LogP) is 4.09. The third-order valence-corrected chi connectivity index (χ3v) is 5.39. The molecular weight excluding hydrogens is 322 g/mol. The Kier molecular flexibility index (Phi) is 4.74. The standard InChI is InChI=1S/C22H25N3O/c1-25-21-10-5-9-20(19(21)15-23-25)24-22(26)11-4-6-16-12-13-17-7-2-3-8-18(17)14-16/h2-3,7-8,12-15,20H,4-6,9-11H2,1H3,(H,24,26). The maximum absolute atomic E-state index is 12.4. The second kappa shape index (κ2) is 7.32. The molecule has 1 amide bonds. The molecule has 0 spiro atoms. The quantitative estimate of drug-likeness (QED) is 0.756. The maximum atomic E-state index is 12.4. The summed E-state index contributed by atoms with van der Waals surface area (Å²) in [6.07, 6.45) is 7.45. The normalized spacial score (nSPS) is 16.4. The second-order valence-corrected chi connectivity index (χ2v) is 7.22. The van der Waals surface area contributed by atoms with Crippen molar-refractivity contribution in [1.82, 2.24) is 15.1 Å². The summed E-state index contributed by atoms with van der Waals surface area (Å²) in [5.74, 6) is 0.146. The highest BCUT2D eigenvalue weighted by Crippen LogP contribution is 2.29. The van der Waals surface area contributed by atoms with Crippen LogP contribution in [0.5, 0.6) is 0 Å². The van der Waals surface area contributed by atoms with Crippen molar-refractivity contribution in [3.8, 4) is 0 Å². The Morgan fingerprint density at radius 2 is 2.08 bits per heavy atom. The fourth-order valence-electron chi connectivity index (χ4n) is 3.97. The Balaban J connectivity index is 1.31. The number of hydrogen-bond donors (Lipinski definition) is 1. The summed E-state index contributed by atoms with van der Waals surface area (Å²) in [7, 11) is 1.98. The van der Waals surface area contributed by atoms with Crippen LogP contribution in [0, 0.1) is 0 Å². The van der Waals surface area contributed by atoms with Crippen LogP contribution in [0.15, 0.2) is 48.7 Å². The van der Waals surface area contributed by atoms with Gasteiger partial charge in [0.15, 0.2) is 0 Å². The van der Waals surface area contributed by atoms with Crippen LogP contribution in [0.3, 0.4) is 0 Å². The van der Waals surface area contributed by atoms with Gasteiger partial charge < -0.3 is 5.32 Å². The lowest BCUT2D eigenvalue weighted by molar-refractivity contribution is -0.122. The summed E-state index contributed by atoms with van der Waals surface area (Å²) in [5, 5.41) is 10.1. The van der Waals surface area contributed by atoms with Gasteiger partial charge in [0.25, 0.3) is 0 Å². The van der Waals surface area contributed by atoms with E-state index in [0.29, 0.717) is 6.42 Å². The minimum atomic E-state index is 0.126. The number of hydrogen-bond acceptors (Lipinski definition) is 2. The summed E-state index contributed by atoms with van der Waals surface area (Å²) in [6.45, 7) is 0. The summed E-state index contributed by atoms with van der Waals surface area (Å²) in [4.78, 5) is 12.4. The first-order valence-corrected chi connectivity index (χ1v) is 9.48. The van der Waals surface area contributed by atoms with Crippen molar-refractivity contribution in [2.45, 2.75) is 44.6 Å². The Labute approximate surface area is 154 Å². The zero-order chi connectivity index (χ0) is 17.9. The third-order valence-electron chi connectivity index (χ3n) is 5.39. The van der Waals surface area contributed by atoms with E-state index in [1.165, 1.54) is 27.6 Å². The number of benzene rings is 2. The Morgan fingerprint density at radius 3 is 2.96 bits per heavy atom. The van der Waals surface area contributed by atoms with E-state index in [4.69, 9.17) is 0 Å². The lowest BCUT2D eigenvalue weighted by Gasteiger charge is -2.23. The largest absolute Gasteiger partial charge is 0.349 e. The first-order valence-electron chi connectivity index (χ1n) is 9.48. The van der Waals surface area contributed by atoms with E-state index >= 15 is 0 Å².